The summed E-state index contributed by atoms with van der Waals surface area (Å²) < 4.78 is 14.1. The van der Waals surface area contributed by atoms with Crippen molar-refractivity contribution in [3.05, 3.63) is 54.0 Å². The third kappa shape index (κ3) is 5.57. The van der Waals surface area contributed by atoms with Crippen LogP contribution < -0.4 is 10.6 Å². The van der Waals surface area contributed by atoms with Crippen molar-refractivity contribution >= 4 is 44.1 Å². The van der Waals surface area contributed by atoms with E-state index in [4.69, 9.17) is 15.0 Å². The van der Waals surface area contributed by atoms with Crippen LogP contribution in [0.2, 0.25) is 0 Å². The van der Waals surface area contributed by atoms with E-state index in [1.165, 1.54) is 30.4 Å². The van der Waals surface area contributed by atoms with E-state index < -0.39 is 10.8 Å². The van der Waals surface area contributed by atoms with Gasteiger partial charge in [0.15, 0.2) is 0 Å². The van der Waals surface area contributed by atoms with Crippen LogP contribution in [0, 0.1) is 18.8 Å². The van der Waals surface area contributed by atoms with Gasteiger partial charge in [-0.05, 0) is 81.9 Å². The first-order valence-corrected chi connectivity index (χ1v) is 16.3. The van der Waals surface area contributed by atoms with E-state index in [0.717, 1.165) is 69.9 Å². The van der Waals surface area contributed by atoms with Crippen molar-refractivity contribution < 1.29 is 4.21 Å². The largest absolute Gasteiger partial charge is 0.367 e. The lowest BCUT2D eigenvalue weighted by Gasteiger charge is -2.18. The molecule has 3 aliphatic rings. The molecule has 4 aromatic rings. The van der Waals surface area contributed by atoms with Crippen LogP contribution in [0.3, 0.4) is 0 Å². The van der Waals surface area contributed by atoms with Gasteiger partial charge in [-0.25, -0.2) is 9.97 Å². The zero-order valence-electron chi connectivity index (χ0n) is 22.2. The van der Waals surface area contributed by atoms with Crippen molar-refractivity contribution in [3.8, 4) is 10.6 Å². The first-order valence-electron chi connectivity index (χ1n) is 14.2. The normalized spacial score (nSPS) is 21.8. The number of nitrogens with one attached hydrogen (secondary N) is 2. The van der Waals surface area contributed by atoms with Gasteiger partial charge in [0.05, 0.1) is 32.5 Å². The molecule has 0 saturated heterocycles. The Morgan fingerprint density at radius 3 is 2.59 bits per heavy atom. The Labute approximate surface area is 235 Å². The van der Waals surface area contributed by atoms with Crippen LogP contribution in [0.4, 0.5) is 11.8 Å². The maximum atomic E-state index is 12.9. The first-order chi connectivity index (χ1) is 19.1. The molecule has 3 aliphatic carbocycles. The number of hydrogen-bond donors (Lipinski definition) is 2. The van der Waals surface area contributed by atoms with Crippen molar-refractivity contribution in [2.75, 3.05) is 22.9 Å². The van der Waals surface area contributed by atoms with Gasteiger partial charge in [0.25, 0.3) is 0 Å². The Morgan fingerprint density at radius 1 is 0.974 bits per heavy atom. The fraction of sp³-hybridized carbons (Fsp3) is 0.467. The molecular weight excluding hydrogens is 525 g/mol. The number of thiazole rings is 1. The molecule has 0 radical (unpaired) electrons. The van der Waals surface area contributed by atoms with E-state index in [9.17, 15) is 4.21 Å². The first kappa shape index (κ1) is 25.1. The maximum absolute atomic E-state index is 12.9. The number of rotatable bonds is 10. The molecule has 7 rings (SSSR count). The molecule has 0 bridgehead atoms. The average molecular weight is 559 g/mol. The van der Waals surface area contributed by atoms with Crippen LogP contribution in [0.5, 0.6) is 0 Å². The lowest BCUT2D eigenvalue weighted by molar-refractivity contribution is 0.597. The van der Waals surface area contributed by atoms with Crippen LogP contribution in [0.15, 0.2) is 47.5 Å². The van der Waals surface area contributed by atoms with Crippen molar-refractivity contribution in [1.82, 2.24) is 19.9 Å². The van der Waals surface area contributed by atoms with Crippen LogP contribution in [0.1, 0.15) is 62.3 Å². The summed E-state index contributed by atoms with van der Waals surface area (Å²) in [6.45, 7) is 2.99. The number of pyridine rings is 1. The quantitative estimate of drug-likeness (QED) is 0.228. The highest BCUT2D eigenvalue weighted by molar-refractivity contribution is 7.85. The molecule has 3 unspecified atom stereocenters. The van der Waals surface area contributed by atoms with E-state index in [2.05, 4.69) is 28.6 Å². The zero-order chi connectivity index (χ0) is 26.3. The fourth-order valence-electron chi connectivity index (χ4n) is 5.64. The Morgan fingerprint density at radius 2 is 1.79 bits per heavy atom. The smallest absolute Gasteiger partial charge is 0.224 e. The maximum Gasteiger partial charge on any atom is 0.224 e. The van der Waals surface area contributed by atoms with Gasteiger partial charge >= 0.3 is 0 Å². The Hall–Kier alpha value is -2.91. The average Bonchev–Trinajstić information content (AvgIpc) is 3.87. The SMILES string of the molecule is Cc1nc(NCC2CC2)nc(NC2CCC(CS(=O)c3ccccc3)C2)c1-c1nc2c(C3CC3)nccc2s1. The molecule has 3 aromatic heterocycles. The molecule has 3 heterocycles. The van der Waals surface area contributed by atoms with Crippen LogP contribution in [-0.2, 0) is 10.8 Å². The Kier molecular flexibility index (Phi) is 6.80. The third-order valence-electron chi connectivity index (χ3n) is 8.12. The summed E-state index contributed by atoms with van der Waals surface area (Å²) in [6.07, 6.45) is 9.99. The number of aryl methyl sites for hydroxylation is 1. The lowest BCUT2D eigenvalue weighted by atomic mass is 10.1. The van der Waals surface area contributed by atoms with Gasteiger partial charge in [-0.15, -0.1) is 11.3 Å². The van der Waals surface area contributed by atoms with E-state index in [-0.39, 0.29) is 6.04 Å². The number of hydrogen-bond acceptors (Lipinski definition) is 8. The van der Waals surface area contributed by atoms with E-state index >= 15 is 0 Å². The number of nitrogens with zero attached hydrogens (tertiary/aromatic N) is 4. The minimum atomic E-state index is -0.965. The topological polar surface area (TPSA) is 92.7 Å². The predicted octanol–water partition coefficient (Wildman–Crippen LogP) is 6.54. The second kappa shape index (κ2) is 10.6. The van der Waals surface area contributed by atoms with E-state index in [0.29, 0.717) is 23.5 Å². The van der Waals surface area contributed by atoms with Gasteiger partial charge in [-0.2, -0.15) is 4.98 Å². The molecule has 3 fully saturated rings. The summed E-state index contributed by atoms with van der Waals surface area (Å²) in [4.78, 5) is 20.6. The Balaban J connectivity index is 1.15. The molecule has 202 valence electrons. The monoisotopic (exact) mass is 558 g/mol. The molecule has 3 atom stereocenters. The summed E-state index contributed by atoms with van der Waals surface area (Å²) in [5, 5.41) is 8.22. The molecule has 39 heavy (non-hydrogen) atoms. The second-order valence-electron chi connectivity index (χ2n) is 11.4. The molecule has 0 spiro atoms. The molecule has 1 aromatic carbocycles. The van der Waals surface area contributed by atoms with Gasteiger partial charge in [0.2, 0.25) is 5.95 Å². The summed E-state index contributed by atoms with van der Waals surface area (Å²) >= 11 is 1.70. The van der Waals surface area contributed by atoms with E-state index in [1.54, 1.807) is 11.3 Å². The van der Waals surface area contributed by atoms with Crippen molar-refractivity contribution in [2.24, 2.45) is 11.8 Å². The Bertz CT molecular complexity index is 1510. The minimum Gasteiger partial charge on any atom is -0.367 e. The number of benzene rings is 1. The second-order valence-corrected chi connectivity index (χ2v) is 13.9. The number of anilines is 2. The fourth-order valence-corrected chi connectivity index (χ4v) is 8.09. The van der Waals surface area contributed by atoms with Crippen LogP contribution in [-0.4, -0.2) is 42.5 Å². The highest BCUT2D eigenvalue weighted by Gasteiger charge is 2.31. The van der Waals surface area contributed by atoms with Gasteiger partial charge in [-0.1, -0.05) is 18.2 Å². The highest BCUT2D eigenvalue weighted by atomic mass is 32.2. The van der Waals surface area contributed by atoms with Gasteiger partial charge in [-0.3, -0.25) is 9.19 Å². The molecule has 0 amide bonds. The number of fused-ring (bicyclic) bond motifs is 1. The molecule has 9 heteroatoms. The molecule has 2 N–H and O–H groups in total. The summed E-state index contributed by atoms with van der Waals surface area (Å²) in [5.74, 6) is 3.97. The predicted molar refractivity (Wildman–Crippen MR) is 159 cm³/mol. The van der Waals surface area contributed by atoms with Crippen molar-refractivity contribution in [1.29, 1.82) is 0 Å². The van der Waals surface area contributed by atoms with E-state index in [1.807, 2.05) is 36.5 Å². The van der Waals surface area contributed by atoms with Crippen molar-refractivity contribution in [3.63, 3.8) is 0 Å². The molecule has 3 saturated carbocycles. The summed E-state index contributed by atoms with van der Waals surface area (Å²) in [7, 11) is -0.965. The molecular formula is C30H34N6OS2. The van der Waals surface area contributed by atoms with Gasteiger partial charge < -0.3 is 10.6 Å². The molecule has 7 nitrogen and oxygen atoms in total. The van der Waals surface area contributed by atoms with Crippen LogP contribution in [0.25, 0.3) is 20.8 Å². The third-order valence-corrected chi connectivity index (χ3v) is 10.7. The molecule has 0 aliphatic heterocycles. The summed E-state index contributed by atoms with van der Waals surface area (Å²) in [5.41, 5.74) is 4.10. The standard InChI is InChI=1S/C30H34N6OS2/c1-18-25(29-35-27-24(38-29)13-14-31-26(27)21-10-11-21)28(36-30(33-18)32-16-19-7-8-19)34-22-12-9-20(15-22)17-39(37)23-5-3-2-4-6-23/h2-6,13-14,19-22H,7-12,15-17H2,1H3,(H2,32,33,34,36). The lowest BCUT2D eigenvalue weighted by Crippen LogP contribution is -2.20. The highest BCUT2D eigenvalue weighted by Crippen LogP contribution is 2.44. The zero-order valence-corrected chi connectivity index (χ0v) is 23.9. The summed E-state index contributed by atoms with van der Waals surface area (Å²) in [6, 6.07) is 12.2. The van der Waals surface area contributed by atoms with Crippen LogP contribution >= 0.6 is 11.3 Å². The van der Waals surface area contributed by atoms with Crippen molar-refractivity contribution in [2.45, 2.75) is 68.7 Å². The van der Waals surface area contributed by atoms with Gasteiger partial charge in [0, 0.05) is 35.3 Å². The van der Waals surface area contributed by atoms with Gasteiger partial charge in [0.1, 0.15) is 16.3 Å². The number of aromatic nitrogens is 4. The minimum absolute atomic E-state index is 0.283.